The third-order valence-corrected chi connectivity index (χ3v) is 2.48. The highest BCUT2D eigenvalue weighted by Crippen LogP contribution is 2.23. The third kappa shape index (κ3) is 2.04. The van der Waals surface area contributed by atoms with Gasteiger partial charge in [-0.2, -0.15) is 0 Å². The van der Waals surface area contributed by atoms with Crippen molar-refractivity contribution in [3.05, 3.63) is 17.8 Å². The van der Waals surface area contributed by atoms with Crippen LogP contribution in [0.4, 0.5) is 5.82 Å². The molecule has 0 unspecified atom stereocenters. The van der Waals surface area contributed by atoms with Gasteiger partial charge in [0.2, 0.25) is 0 Å². The number of hydrogen-bond donors (Lipinski definition) is 1. The molecule has 0 saturated heterocycles. The lowest BCUT2D eigenvalue weighted by molar-refractivity contribution is 0.339. The Morgan fingerprint density at radius 1 is 1.47 bits per heavy atom. The molecular formula is C9H10N4OS. The maximum Gasteiger partial charge on any atom is 0.190 e. The van der Waals surface area contributed by atoms with Gasteiger partial charge in [-0.3, -0.25) is 0 Å². The molecule has 0 fully saturated rings. The van der Waals surface area contributed by atoms with Crippen LogP contribution >= 0.6 is 11.3 Å². The van der Waals surface area contributed by atoms with Gasteiger partial charge in [-0.15, -0.1) is 11.3 Å². The minimum Gasteiger partial charge on any atom is -0.488 e. The Morgan fingerprint density at radius 2 is 2.33 bits per heavy atom. The topological polar surface area (TPSA) is 73.9 Å². The van der Waals surface area contributed by atoms with Gasteiger partial charge in [0.05, 0.1) is 12.8 Å². The minimum absolute atomic E-state index is 0.344. The summed E-state index contributed by atoms with van der Waals surface area (Å²) in [7, 11) is 0. The van der Waals surface area contributed by atoms with Crippen LogP contribution in [0.1, 0.15) is 6.92 Å². The summed E-state index contributed by atoms with van der Waals surface area (Å²) < 4.78 is 5.24. The number of rotatable bonds is 3. The van der Waals surface area contributed by atoms with Crippen molar-refractivity contribution in [1.29, 1.82) is 0 Å². The number of hydrogen-bond acceptors (Lipinski definition) is 6. The predicted octanol–water partition coefficient (Wildman–Crippen LogP) is 1.58. The van der Waals surface area contributed by atoms with Crippen LogP contribution in [0.25, 0.3) is 10.8 Å². The highest BCUT2D eigenvalue weighted by Gasteiger charge is 2.08. The van der Waals surface area contributed by atoms with Crippen molar-refractivity contribution < 1.29 is 4.74 Å². The number of thiazole rings is 1. The summed E-state index contributed by atoms with van der Waals surface area (Å²) in [6.07, 6.45) is 3.28. The molecule has 0 aliphatic rings. The van der Waals surface area contributed by atoms with Crippen LogP contribution < -0.4 is 10.5 Å². The molecule has 0 atom stereocenters. The fourth-order valence-corrected chi connectivity index (χ4v) is 1.66. The van der Waals surface area contributed by atoms with Crippen LogP contribution in [0.3, 0.4) is 0 Å². The van der Waals surface area contributed by atoms with E-state index in [-0.39, 0.29) is 0 Å². The summed E-state index contributed by atoms with van der Waals surface area (Å²) in [6, 6.07) is 0. The SMILES string of the molecule is CCOc1cnc(-c2nccs2)nc1N. The van der Waals surface area contributed by atoms with Crippen molar-refractivity contribution in [2.24, 2.45) is 0 Å². The Morgan fingerprint density at radius 3 is 2.93 bits per heavy atom. The van der Waals surface area contributed by atoms with Gasteiger partial charge < -0.3 is 10.5 Å². The van der Waals surface area contributed by atoms with E-state index in [1.54, 1.807) is 12.4 Å². The Bertz CT molecular complexity index is 443. The van der Waals surface area contributed by atoms with Gasteiger partial charge in [0, 0.05) is 11.6 Å². The number of aromatic nitrogens is 3. The molecule has 2 rings (SSSR count). The van der Waals surface area contributed by atoms with Crippen LogP contribution in [0.5, 0.6) is 5.75 Å². The molecule has 5 nitrogen and oxygen atoms in total. The molecule has 0 aromatic carbocycles. The Hall–Kier alpha value is -1.69. The number of anilines is 1. The van der Waals surface area contributed by atoms with Crippen molar-refractivity contribution in [3.8, 4) is 16.6 Å². The van der Waals surface area contributed by atoms with Crippen LogP contribution in [0.2, 0.25) is 0 Å². The molecule has 0 radical (unpaired) electrons. The van der Waals surface area contributed by atoms with Crippen LogP contribution in [0.15, 0.2) is 17.8 Å². The van der Waals surface area contributed by atoms with E-state index in [1.807, 2.05) is 12.3 Å². The summed E-state index contributed by atoms with van der Waals surface area (Å²) in [4.78, 5) is 12.4. The fourth-order valence-electron chi connectivity index (χ4n) is 1.09. The van der Waals surface area contributed by atoms with E-state index in [4.69, 9.17) is 10.5 Å². The molecule has 0 spiro atoms. The van der Waals surface area contributed by atoms with E-state index in [1.165, 1.54) is 11.3 Å². The van der Waals surface area contributed by atoms with Crippen LogP contribution in [-0.4, -0.2) is 21.6 Å². The standard InChI is InChI=1S/C9H10N4OS/c1-2-14-6-5-12-8(13-7(6)10)9-11-3-4-15-9/h3-5H,2H2,1H3,(H2,10,12,13). The van der Waals surface area contributed by atoms with Gasteiger partial charge in [-0.25, -0.2) is 15.0 Å². The smallest absolute Gasteiger partial charge is 0.190 e. The van der Waals surface area contributed by atoms with Crippen LogP contribution in [-0.2, 0) is 0 Å². The lowest BCUT2D eigenvalue weighted by atomic mass is 10.5. The zero-order valence-electron chi connectivity index (χ0n) is 8.17. The summed E-state index contributed by atoms with van der Waals surface area (Å²) in [5, 5.41) is 2.62. The van der Waals surface area contributed by atoms with Gasteiger partial charge >= 0.3 is 0 Å². The molecule has 0 aliphatic heterocycles. The van der Waals surface area contributed by atoms with Gasteiger partial charge in [-0.1, -0.05) is 0 Å². The Kier molecular flexibility index (Phi) is 2.77. The zero-order valence-corrected chi connectivity index (χ0v) is 8.99. The lowest BCUT2D eigenvalue weighted by Crippen LogP contribution is -2.01. The molecule has 0 saturated carbocycles. The van der Waals surface area contributed by atoms with E-state index in [0.29, 0.717) is 24.0 Å². The summed E-state index contributed by atoms with van der Waals surface area (Å²) in [5.41, 5.74) is 5.71. The molecule has 0 bridgehead atoms. The van der Waals surface area contributed by atoms with E-state index >= 15 is 0 Å². The maximum absolute atomic E-state index is 5.71. The summed E-state index contributed by atoms with van der Waals surface area (Å²) in [6.45, 7) is 2.43. The summed E-state index contributed by atoms with van der Waals surface area (Å²) >= 11 is 1.47. The minimum atomic E-state index is 0.344. The van der Waals surface area contributed by atoms with Gasteiger partial charge in [0.1, 0.15) is 0 Å². The Balaban J connectivity index is 2.33. The first-order valence-corrected chi connectivity index (χ1v) is 5.34. The second-order valence-corrected chi connectivity index (χ2v) is 3.61. The van der Waals surface area contributed by atoms with E-state index in [2.05, 4.69) is 15.0 Å². The van der Waals surface area contributed by atoms with Crippen molar-refractivity contribution in [3.63, 3.8) is 0 Å². The second kappa shape index (κ2) is 4.22. The number of ether oxygens (including phenoxy) is 1. The molecule has 2 aromatic heterocycles. The molecule has 0 aliphatic carbocycles. The first-order chi connectivity index (χ1) is 7.31. The maximum atomic E-state index is 5.71. The second-order valence-electron chi connectivity index (χ2n) is 2.71. The highest BCUT2D eigenvalue weighted by atomic mass is 32.1. The molecule has 15 heavy (non-hydrogen) atoms. The van der Waals surface area contributed by atoms with Gasteiger partial charge in [0.25, 0.3) is 0 Å². The van der Waals surface area contributed by atoms with E-state index in [9.17, 15) is 0 Å². The summed E-state index contributed by atoms with van der Waals surface area (Å²) in [5.74, 6) is 1.39. The fraction of sp³-hybridized carbons (Fsp3) is 0.222. The molecule has 6 heteroatoms. The number of nitrogens with two attached hydrogens (primary N) is 1. The Labute approximate surface area is 91.0 Å². The molecule has 2 N–H and O–H groups in total. The number of nitrogens with zero attached hydrogens (tertiary/aromatic N) is 3. The van der Waals surface area contributed by atoms with Crippen LogP contribution in [0, 0.1) is 0 Å². The normalized spacial score (nSPS) is 10.2. The molecule has 0 amide bonds. The quantitative estimate of drug-likeness (QED) is 0.853. The largest absolute Gasteiger partial charge is 0.488 e. The molecule has 2 aromatic rings. The predicted molar refractivity (Wildman–Crippen MR) is 58.7 cm³/mol. The average Bonchev–Trinajstić information content (AvgIpc) is 2.74. The van der Waals surface area contributed by atoms with Crippen molar-refractivity contribution in [2.75, 3.05) is 12.3 Å². The first-order valence-electron chi connectivity index (χ1n) is 4.46. The van der Waals surface area contributed by atoms with Gasteiger partial charge in [-0.05, 0) is 6.92 Å². The van der Waals surface area contributed by atoms with E-state index < -0.39 is 0 Å². The van der Waals surface area contributed by atoms with Crippen molar-refractivity contribution in [2.45, 2.75) is 6.92 Å². The van der Waals surface area contributed by atoms with E-state index in [0.717, 1.165) is 5.01 Å². The van der Waals surface area contributed by atoms with Crippen molar-refractivity contribution in [1.82, 2.24) is 15.0 Å². The average molecular weight is 222 g/mol. The molecule has 78 valence electrons. The zero-order chi connectivity index (χ0) is 10.7. The number of nitrogen functional groups attached to an aromatic ring is 1. The molecular weight excluding hydrogens is 212 g/mol. The van der Waals surface area contributed by atoms with Gasteiger partial charge in [0.15, 0.2) is 22.4 Å². The highest BCUT2D eigenvalue weighted by molar-refractivity contribution is 7.12. The lowest BCUT2D eigenvalue weighted by Gasteiger charge is -2.05. The first kappa shape index (κ1) is 9.85. The monoisotopic (exact) mass is 222 g/mol. The molecule has 2 heterocycles. The third-order valence-electron chi connectivity index (χ3n) is 1.71. The van der Waals surface area contributed by atoms with Crippen molar-refractivity contribution >= 4 is 17.2 Å².